The summed E-state index contributed by atoms with van der Waals surface area (Å²) in [6, 6.07) is 37.1. The molecule has 6 rings (SSSR count). The molecule has 1 heterocycles. The number of rotatable bonds is 10. The van der Waals surface area contributed by atoms with Crippen molar-refractivity contribution in [3.63, 3.8) is 0 Å². The van der Waals surface area contributed by atoms with Crippen LogP contribution in [0.5, 0.6) is 0 Å². The van der Waals surface area contributed by atoms with E-state index >= 15 is 0 Å². The summed E-state index contributed by atoms with van der Waals surface area (Å²) in [5.74, 6) is -1.07. The number of anilines is 2. The van der Waals surface area contributed by atoms with Gasteiger partial charge < -0.3 is 16.0 Å². The SMILES string of the molecule is CC(Sc1ccc(NC(=O)/C(=C/c2ccc(Cl)cc2)NC(=O)c2ccccc2)cc1)C(=O)Nc1nc(-c2ccc3ccccc3c2)cs1. The number of aromatic nitrogens is 1. The molecule has 3 N–H and O–H groups in total. The summed E-state index contributed by atoms with van der Waals surface area (Å²) in [6.07, 6.45) is 1.59. The van der Waals surface area contributed by atoms with Crippen LogP contribution in [0.1, 0.15) is 22.8 Å². The van der Waals surface area contributed by atoms with Gasteiger partial charge in [-0.3, -0.25) is 14.4 Å². The number of carbonyl (C=O) groups excluding carboxylic acids is 3. The molecule has 3 amide bonds. The van der Waals surface area contributed by atoms with Crippen LogP contribution in [0.4, 0.5) is 10.8 Å². The number of nitrogens with zero attached hydrogens (tertiary/aromatic N) is 1. The summed E-state index contributed by atoms with van der Waals surface area (Å²) < 4.78 is 0. The van der Waals surface area contributed by atoms with Gasteiger partial charge in [-0.05, 0) is 83.9 Å². The molecule has 1 aromatic heterocycles. The van der Waals surface area contributed by atoms with E-state index in [0.29, 0.717) is 27.0 Å². The number of halogens is 1. The fourth-order valence-corrected chi connectivity index (χ4v) is 6.48. The Morgan fingerprint density at radius 3 is 2.27 bits per heavy atom. The third-order valence-electron chi connectivity index (χ3n) is 7.28. The summed E-state index contributed by atoms with van der Waals surface area (Å²) in [5.41, 5.74) is 3.52. The van der Waals surface area contributed by atoms with Gasteiger partial charge in [0.05, 0.1) is 10.9 Å². The van der Waals surface area contributed by atoms with Gasteiger partial charge in [-0.1, -0.05) is 78.3 Å². The van der Waals surface area contributed by atoms with Crippen molar-refractivity contribution in [2.75, 3.05) is 10.6 Å². The van der Waals surface area contributed by atoms with E-state index in [9.17, 15) is 14.4 Å². The summed E-state index contributed by atoms with van der Waals surface area (Å²) >= 11 is 8.80. The largest absolute Gasteiger partial charge is 0.321 e. The number of thiazole rings is 1. The van der Waals surface area contributed by atoms with Crippen LogP contribution in [0.15, 0.2) is 137 Å². The van der Waals surface area contributed by atoms with E-state index < -0.39 is 17.1 Å². The Balaban J connectivity index is 1.07. The lowest BCUT2D eigenvalue weighted by molar-refractivity contribution is -0.115. The van der Waals surface area contributed by atoms with Crippen LogP contribution >= 0.6 is 34.7 Å². The molecule has 6 aromatic rings. The highest BCUT2D eigenvalue weighted by molar-refractivity contribution is 8.00. The van der Waals surface area contributed by atoms with Gasteiger partial charge in [-0.15, -0.1) is 23.1 Å². The highest BCUT2D eigenvalue weighted by Crippen LogP contribution is 2.30. The van der Waals surface area contributed by atoms with Gasteiger partial charge in [0.2, 0.25) is 5.91 Å². The molecule has 1 atom stereocenters. The number of hydrogen-bond donors (Lipinski definition) is 3. The monoisotopic (exact) mass is 688 g/mol. The maximum Gasteiger partial charge on any atom is 0.272 e. The molecule has 48 heavy (non-hydrogen) atoms. The number of fused-ring (bicyclic) bond motifs is 1. The Morgan fingerprint density at radius 1 is 0.812 bits per heavy atom. The molecule has 0 saturated carbocycles. The molecular weight excluding hydrogens is 660 g/mol. The van der Waals surface area contributed by atoms with Crippen molar-refractivity contribution in [3.8, 4) is 11.3 Å². The van der Waals surface area contributed by atoms with Crippen LogP contribution in [-0.2, 0) is 9.59 Å². The van der Waals surface area contributed by atoms with Crippen molar-refractivity contribution < 1.29 is 14.4 Å². The molecule has 5 aromatic carbocycles. The van der Waals surface area contributed by atoms with Gasteiger partial charge in [0, 0.05) is 32.1 Å². The van der Waals surface area contributed by atoms with Crippen LogP contribution < -0.4 is 16.0 Å². The summed E-state index contributed by atoms with van der Waals surface area (Å²) in [7, 11) is 0. The van der Waals surface area contributed by atoms with Crippen molar-refractivity contribution >= 4 is 80.1 Å². The van der Waals surface area contributed by atoms with Gasteiger partial charge >= 0.3 is 0 Å². The lowest BCUT2D eigenvalue weighted by atomic mass is 10.1. The van der Waals surface area contributed by atoms with Crippen LogP contribution in [0, 0.1) is 0 Å². The maximum atomic E-state index is 13.3. The molecule has 1 unspecified atom stereocenters. The van der Waals surface area contributed by atoms with Crippen molar-refractivity contribution in [2.45, 2.75) is 17.1 Å². The quantitative estimate of drug-likeness (QED) is 0.0985. The van der Waals surface area contributed by atoms with Crippen LogP contribution in [-0.4, -0.2) is 28.0 Å². The topological polar surface area (TPSA) is 100 Å². The van der Waals surface area contributed by atoms with E-state index in [1.165, 1.54) is 23.1 Å². The zero-order valence-corrected chi connectivity index (χ0v) is 28.0. The number of benzene rings is 5. The molecule has 0 aliphatic rings. The zero-order valence-electron chi connectivity index (χ0n) is 25.6. The number of hydrogen-bond acceptors (Lipinski definition) is 6. The molecule has 0 bridgehead atoms. The van der Waals surface area contributed by atoms with Gasteiger partial charge in [0.1, 0.15) is 5.70 Å². The second-order valence-electron chi connectivity index (χ2n) is 10.8. The molecular formula is C38H29ClN4O3S2. The van der Waals surface area contributed by atoms with Crippen molar-refractivity contribution in [1.29, 1.82) is 0 Å². The third kappa shape index (κ3) is 8.38. The van der Waals surface area contributed by atoms with Crippen molar-refractivity contribution in [1.82, 2.24) is 10.3 Å². The summed E-state index contributed by atoms with van der Waals surface area (Å²) in [6.45, 7) is 1.83. The minimum absolute atomic E-state index is 0.0703. The molecule has 238 valence electrons. The average molecular weight is 689 g/mol. The van der Waals surface area contributed by atoms with E-state index in [1.807, 2.05) is 48.7 Å². The molecule has 10 heteroatoms. The molecule has 7 nitrogen and oxygen atoms in total. The van der Waals surface area contributed by atoms with Gasteiger partial charge in [-0.25, -0.2) is 4.98 Å². The van der Waals surface area contributed by atoms with Gasteiger partial charge in [0.15, 0.2) is 5.13 Å². The average Bonchev–Trinajstić information content (AvgIpc) is 3.58. The second-order valence-corrected chi connectivity index (χ2v) is 13.5. The van der Waals surface area contributed by atoms with Crippen LogP contribution in [0.3, 0.4) is 0 Å². The third-order valence-corrected chi connectivity index (χ3v) is 9.41. The minimum atomic E-state index is -0.492. The number of nitrogens with one attached hydrogen (secondary N) is 3. The van der Waals surface area contributed by atoms with Gasteiger partial charge in [-0.2, -0.15) is 0 Å². The second kappa shape index (κ2) is 15.1. The zero-order chi connectivity index (χ0) is 33.5. The number of carbonyl (C=O) groups is 3. The number of thioether (sulfide) groups is 1. The Labute approximate surface area is 291 Å². The lowest BCUT2D eigenvalue weighted by Crippen LogP contribution is -2.30. The predicted molar refractivity (Wildman–Crippen MR) is 197 cm³/mol. The Bertz CT molecular complexity index is 2110. The lowest BCUT2D eigenvalue weighted by Gasteiger charge is -2.13. The Hall–Kier alpha value is -5.22. The normalized spacial score (nSPS) is 11.9. The first-order chi connectivity index (χ1) is 23.3. The first kappa shape index (κ1) is 32.7. The fraction of sp³-hybridized carbons (Fsp3) is 0.0526. The highest BCUT2D eigenvalue weighted by Gasteiger charge is 2.18. The molecule has 0 spiro atoms. The summed E-state index contributed by atoms with van der Waals surface area (Å²) in [4.78, 5) is 44.7. The highest BCUT2D eigenvalue weighted by atomic mass is 35.5. The van der Waals surface area contributed by atoms with E-state index in [1.54, 1.807) is 66.7 Å². The van der Waals surface area contributed by atoms with E-state index in [0.717, 1.165) is 26.9 Å². The predicted octanol–water partition coefficient (Wildman–Crippen LogP) is 9.15. The van der Waals surface area contributed by atoms with Crippen molar-refractivity contribution in [2.24, 2.45) is 0 Å². The first-order valence-corrected chi connectivity index (χ1v) is 17.1. The number of amides is 3. The molecule has 0 saturated heterocycles. The van der Waals surface area contributed by atoms with E-state index in [4.69, 9.17) is 11.6 Å². The molecule has 0 aliphatic heterocycles. The molecule has 0 radical (unpaired) electrons. The van der Waals surface area contributed by atoms with E-state index in [-0.39, 0.29) is 11.6 Å². The standard InChI is InChI=1S/C38H29ClN4O3S2/c1-24(35(44)43-38-42-34(23-47-38)29-14-13-26-7-5-6-10-28(26)22-29)48-32-19-17-31(18-20-32)40-37(46)33(21-25-11-15-30(39)16-12-25)41-36(45)27-8-3-2-4-9-27/h2-24H,1H3,(H,40,46)(H,41,45)(H,42,43,44)/b33-21-. The fourth-order valence-electron chi connectivity index (χ4n) is 4.76. The Morgan fingerprint density at radius 2 is 1.52 bits per heavy atom. The molecule has 0 fully saturated rings. The van der Waals surface area contributed by atoms with Crippen molar-refractivity contribution in [3.05, 3.63) is 149 Å². The summed E-state index contributed by atoms with van der Waals surface area (Å²) in [5, 5.41) is 13.4. The Kier molecular flexibility index (Phi) is 10.3. The smallest absolute Gasteiger partial charge is 0.272 e. The first-order valence-electron chi connectivity index (χ1n) is 15.0. The van der Waals surface area contributed by atoms with Crippen LogP contribution in [0.2, 0.25) is 5.02 Å². The molecule has 0 aliphatic carbocycles. The van der Waals surface area contributed by atoms with Crippen LogP contribution in [0.25, 0.3) is 28.1 Å². The maximum absolute atomic E-state index is 13.3. The van der Waals surface area contributed by atoms with Gasteiger partial charge in [0.25, 0.3) is 11.8 Å². The minimum Gasteiger partial charge on any atom is -0.321 e. The van der Waals surface area contributed by atoms with E-state index in [2.05, 4.69) is 45.2 Å².